The van der Waals surface area contributed by atoms with Crippen LogP contribution in [0.3, 0.4) is 0 Å². The SMILES string of the molecule is CCC(Sc1ccc2nnc(-c3sccc3I)n2n1)C(=O)N1CCCCC1. The van der Waals surface area contributed by atoms with Crippen molar-refractivity contribution in [3.63, 3.8) is 0 Å². The van der Waals surface area contributed by atoms with Gasteiger partial charge in [0.05, 0.1) is 10.1 Å². The number of carbonyl (C=O) groups is 1. The summed E-state index contributed by atoms with van der Waals surface area (Å²) in [4.78, 5) is 16.0. The van der Waals surface area contributed by atoms with E-state index in [1.165, 1.54) is 6.42 Å². The summed E-state index contributed by atoms with van der Waals surface area (Å²) in [5, 5.41) is 16.1. The molecule has 1 saturated heterocycles. The zero-order chi connectivity index (χ0) is 18.8. The van der Waals surface area contributed by atoms with E-state index in [4.69, 9.17) is 5.10 Å². The zero-order valence-corrected chi connectivity index (χ0v) is 18.8. The van der Waals surface area contributed by atoms with Crippen LogP contribution in [0, 0.1) is 3.57 Å². The highest BCUT2D eigenvalue weighted by atomic mass is 127. The Kier molecular flexibility index (Phi) is 5.98. The van der Waals surface area contributed by atoms with Crippen molar-refractivity contribution in [2.24, 2.45) is 0 Å². The molecule has 0 saturated carbocycles. The number of hydrogen-bond donors (Lipinski definition) is 0. The number of piperidine rings is 1. The third kappa shape index (κ3) is 4.00. The first-order chi connectivity index (χ1) is 13.2. The maximum absolute atomic E-state index is 12.9. The number of aromatic nitrogens is 4. The minimum absolute atomic E-state index is 0.102. The molecular formula is C18H20IN5OS2. The predicted octanol–water partition coefficient (Wildman–Crippen LogP) is 4.34. The van der Waals surface area contributed by atoms with Crippen LogP contribution in [-0.4, -0.2) is 49.0 Å². The summed E-state index contributed by atoms with van der Waals surface area (Å²) >= 11 is 5.48. The van der Waals surface area contributed by atoms with Gasteiger partial charge in [-0.15, -0.1) is 21.5 Å². The van der Waals surface area contributed by atoms with Gasteiger partial charge in [-0.3, -0.25) is 4.79 Å². The molecule has 6 nitrogen and oxygen atoms in total. The lowest BCUT2D eigenvalue weighted by atomic mass is 10.1. The number of likely N-dealkylation sites (tertiary alicyclic amines) is 1. The van der Waals surface area contributed by atoms with Crippen molar-refractivity contribution in [2.45, 2.75) is 42.9 Å². The number of nitrogens with zero attached hydrogens (tertiary/aromatic N) is 5. The van der Waals surface area contributed by atoms with Gasteiger partial charge in [-0.1, -0.05) is 18.7 Å². The van der Waals surface area contributed by atoms with Crippen LogP contribution in [0.5, 0.6) is 0 Å². The summed E-state index contributed by atoms with van der Waals surface area (Å²) in [7, 11) is 0. The largest absolute Gasteiger partial charge is 0.342 e. The average Bonchev–Trinajstić information content (AvgIpc) is 3.31. The van der Waals surface area contributed by atoms with Crippen LogP contribution in [-0.2, 0) is 4.79 Å². The lowest BCUT2D eigenvalue weighted by Crippen LogP contribution is -2.40. The van der Waals surface area contributed by atoms with Gasteiger partial charge in [0, 0.05) is 16.7 Å². The van der Waals surface area contributed by atoms with E-state index in [9.17, 15) is 4.79 Å². The van der Waals surface area contributed by atoms with Crippen molar-refractivity contribution in [3.05, 3.63) is 27.1 Å². The number of thioether (sulfide) groups is 1. The number of amides is 1. The van der Waals surface area contributed by atoms with E-state index in [0.717, 1.165) is 51.6 Å². The summed E-state index contributed by atoms with van der Waals surface area (Å²) in [6.45, 7) is 3.83. The summed E-state index contributed by atoms with van der Waals surface area (Å²) in [6.07, 6.45) is 4.24. The van der Waals surface area contributed by atoms with Crippen molar-refractivity contribution >= 4 is 57.2 Å². The fourth-order valence-electron chi connectivity index (χ4n) is 3.20. The van der Waals surface area contributed by atoms with Gasteiger partial charge in [-0.2, -0.15) is 9.61 Å². The summed E-state index contributed by atoms with van der Waals surface area (Å²) < 4.78 is 2.92. The lowest BCUT2D eigenvalue weighted by Gasteiger charge is -2.29. The fraction of sp³-hybridized carbons (Fsp3) is 0.444. The minimum Gasteiger partial charge on any atom is -0.342 e. The summed E-state index contributed by atoms with van der Waals surface area (Å²) in [6, 6.07) is 5.92. The Bertz CT molecular complexity index is 950. The van der Waals surface area contributed by atoms with Gasteiger partial charge in [0.2, 0.25) is 5.91 Å². The Morgan fingerprint density at radius 3 is 2.78 bits per heavy atom. The fourth-order valence-corrected chi connectivity index (χ4v) is 5.99. The molecule has 142 valence electrons. The molecule has 3 aromatic rings. The summed E-state index contributed by atoms with van der Waals surface area (Å²) in [5.41, 5.74) is 0.717. The Balaban J connectivity index is 1.59. The number of carbonyl (C=O) groups excluding carboxylic acids is 1. The standard InChI is InChI=1S/C18H20IN5OS2/c1-2-13(18(25)23-9-4-3-5-10-23)27-15-7-6-14-20-21-17(24(14)22-15)16-12(19)8-11-26-16/h6-8,11,13H,2-5,9-10H2,1H3. The topological polar surface area (TPSA) is 63.4 Å². The van der Waals surface area contributed by atoms with E-state index in [1.54, 1.807) is 27.6 Å². The molecule has 4 heterocycles. The molecule has 0 radical (unpaired) electrons. The second-order valence-electron chi connectivity index (χ2n) is 6.46. The van der Waals surface area contributed by atoms with Crippen molar-refractivity contribution in [3.8, 4) is 10.7 Å². The van der Waals surface area contributed by atoms with Crippen LogP contribution in [0.2, 0.25) is 0 Å². The first kappa shape index (κ1) is 19.1. The molecule has 27 heavy (non-hydrogen) atoms. The number of rotatable bonds is 5. The minimum atomic E-state index is -0.102. The molecule has 1 unspecified atom stereocenters. The molecule has 0 aromatic carbocycles. The van der Waals surface area contributed by atoms with Crippen molar-refractivity contribution in [2.75, 3.05) is 13.1 Å². The van der Waals surface area contributed by atoms with Gasteiger partial charge >= 0.3 is 0 Å². The van der Waals surface area contributed by atoms with Crippen molar-refractivity contribution < 1.29 is 4.79 Å². The van der Waals surface area contributed by atoms with Crippen LogP contribution in [0.1, 0.15) is 32.6 Å². The van der Waals surface area contributed by atoms with Gasteiger partial charge in [-0.05, 0) is 71.9 Å². The van der Waals surface area contributed by atoms with Crippen molar-refractivity contribution in [1.82, 2.24) is 24.7 Å². The van der Waals surface area contributed by atoms with Crippen LogP contribution in [0.4, 0.5) is 0 Å². The third-order valence-corrected chi connectivity index (χ3v) is 8.09. The van der Waals surface area contributed by atoms with Crippen LogP contribution < -0.4 is 0 Å². The number of halogens is 1. The Hall–Kier alpha value is -1.20. The zero-order valence-electron chi connectivity index (χ0n) is 15.0. The Morgan fingerprint density at radius 1 is 1.26 bits per heavy atom. The Morgan fingerprint density at radius 2 is 2.07 bits per heavy atom. The molecule has 1 aliphatic heterocycles. The quantitative estimate of drug-likeness (QED) is 0.375. The number of hydrogen-bond acceptors (Lipinski definition) is 6. The van der Waals surface area contributed by atoms with E-state index >= 15 is 0 Å². The monoisotopic (exact) mass is 513 g/mol. The van der Waals surface area contributed by atoms with Crippen LogP contribution in [0.15, 0.2) is 28.6 Å². The smallest absolute Gasteiger partial charge is 0.236 e. The van der Waals surface area contributed by atoms with Gasteiger partial charge in [0.25, 0.3) is 0 Å². The maximum atomic E-state index is 12.9. The molecule has 1 atom stereocenters. The van der Waals surface area contributed by atoms with Gasteiger partial charge in [0.15, 0.2) is 11.5 Å². The highest BCUT2D eigenvalue weighted by Gasteiger charge is 2.26. The second-order valence-corrected chi connectivity index (χ2v) is 9.76. The van der Waals surface area contributed by atoms with Gasteiger partial charge in [-0.25, -0.2) is 0 Å². The second kappa shape index (κ2) is 8.44. The molecule has 0 spiro atoms. The highest BCUT2D eigenvalue weighted by molar-refractivity contribution is 14.1. The first-order valence-electron chi connectivity index (χ1n) is 9.08. The van der Waals surface area contributed by atoms with E-state index in [2.05, 4.69) is 45.8 Å². The Labute approximate surface area is 179 Å². The molecule has 4 rings (SSSR count). The molecule has 0 bridgehead atoms. The molecule has 3 aromatic heterocycles. The van der Waals surface area contributed by atoms with Crippen LogP contribution >= 0.6 is 45.7 Å². The van der Waals surface area contributed by atoms with E-state index in [0.29, 0.717) is 5.65 Å². The van der Waals surface area contributed by atoms with E-state index in [1.807, 2.05) is 22.4 Å². The normalized spacial score (nSPS) is 16.0. The number of thiophene rings is 1. The number of fused-ring (bicyclic) bond motifs is 1. The molecular weight excluding hydrogens is 493 g/mol. The highest BCUT2D eigenvalue weighted by Crippen LogP contribution is 2.31. The molecule has 9 heteroatoms. The molecule has 0 N–H and O–H groups in total. The van der Waals surface area contributed by atoms with Gasteiger partial charge < -0.3 is 4.90 Å². The van der Waals surface area contributed by atoms with Crippen LogP contribution in [0.25, 0.3) is 16.3 Å². The molecule has 1 fully saturated rings. The first-order valence-corrected chi connectivity index (χ1v) is 11.9. The van der Waals surface area contributed by atoms with Gasteiger partial charge in [0.1, 0.15) is 5.03 Å². The van der Waals surface area contributed by atoms with E-state index < -0.39 is 0 Å². The molecule has 1 aliphatic rings. The molecule has 1 amide bonds. The predicted molar refractivity (Wildman–Crippen MR) is 117 cm³/mol. The van der Waals surface area contributed by atoms with E-state index in [-0.39, 0.29) is 11.2 Å². The molecule has 0 aliphatic carbocycles. The van der Waals surface area contributed by atoms with Crippen molar-refractivity contribution in [1.29, 1.82) is 0 Å². The third-order valence-electron chi connectivity index (χ3n) is 4.64. The average molecular weight is 513 g/mol. The maximum Gasteiger partial charge on any atom is 0.236 e. The summed E-state index contributed by atoms with van der Waals surface area (Å²) in [5.74, 6) is 0.989. The lowest BCUT2D eigenvalue weighted by molar-refractivity contribution is -0.131.